The predicted octanol–water partition coefficient (Wildman–Crippen LogP) is -0.574. The van der Waals surface area contributed by atoms with Gasteiger partial charge in [0.1, 0.15) is 0 Å². The number of hydrogen-bond acceptors (Lipinski definition) is 14. The van der Waals surface area contributed by atoms with Gasteiger partial charge in [0, 0.05) is 83.2 Å². The Labute approximate surface area is 312 Å². The Morgan fingerprint density at radius 3 is 1.02 bits per heavy atom. The second-order valence-electron chi connectivity index (χ2n) is 10.5. The molecule has 0 radical (unpaired) electrons. The number of anilines is 1. The molecule has 0 saturated carbocycles. The molecule has 0 aliphatic heterocycles. The maximum absolute atomic E-state index is 12.3. The summed E-state index contributed by atoms with van der Waals surface area (Å²) in [6, 6.07) is 13.4. The van der Waals surface area contributed by atoms with Gasteiger partial charge in [-0.05, 0) is 12.1 Å². The van der Waals surface area contributed by atoms with Crippen LogP contribution in [0.1, 0.15) is 0 Å². The summed E-state index contributed by atoms with van der Waals surface area (Å²) in [5.74, 6) is 0. The number of nitrogen functional groups attached to an aromatic ring is 1. The third kappa shape index (κ3) is 6.17. The molecule has 0 fully saturated rings. The quantitative estimate of drug-likeness (QED) is 0.0552. The minimum absolute atomic E-state index is 0.0379. The van der Waals surface area contributed by atoms with E-state index in [-0.39, 0.29) is 59.9 Å². The molecular formula is C32H12N2Na2O13S2. The zero-order valence-electron chi connectivity index (χ0n) is 25.9. The summed E-state index contributed by atoms with van der Waals surface area (Å²) in [5.41, 5.74) is 0.119. The molecule has 0 unspecified atom stereocenters. The SMILES string of the molecule is Nc1cc2c3c(c1)c(=O)c(=O)c1cccc(c1-3)c(=O)c2=O.O=S=S(=O)=O.O=c1c(=O)c2cc([N+](=O)[O-])cc3c2-c2c1cccc2c(=O)c3=O.[Na][Na]. The summed E-state index contributed by atoms with van der Waals surface area (Å²) >= 11 is 2.89. The molecule has 242 valence electrons. The van der Waals surface area contributed by atoms with Gasteiger partial charge in [-0.2, -0.15) is 12.6 Å². The van der Waals surface area contributed by atoms with Gasteiger partial charge in [0.25, 0.3) is 5.69 Å². The van der Waals surface area contributed by atoms with Crippen LogP contribution in [0.15, 0.2) is 99.0 Å². The van der Waals surface area contributed by atoms with E-state index in [1.54, 1.807) is 0 Å². The number of hydrogen-bond donors (Lipinski definition) is 1. The molecule has 4 aliphatic rings. The molecule has 51 heavy (non-hydrogen) atoms. The Hall–Kier alpha value is -4.72. The van der Waals surface area contributed by atoms with Gasteiger partial charge in [-0.25, -0.2) is 0 Å². The molecular weight excluding hydrogens is 730 g/mol. The normalized spacial score (nSPS) is 10.9. The van der Waals surface area contributed by atoms with Crippen molar-refractivity contribution in [1.82, 2.24) is 0 Å². The molecule has 4 aliphatic carbocycles. The Bertz CT molecular complexity index is 3110. The molecule has 0 amide bonds. The van der Waals surface area contributed by atoms with Crippen LogP contribution in [0, 0.1) is 10.1 Å². The second-order valence-corrected chi connectivity index (χ2v) is 12.3. The summed E-state index contributed by atoms with van der Waals surface area (Å²) in [5, 5.41) is 11.2. The molecule has 0 heterocycles. The van der Waals surface area contributed by atoms with E-state index >= 15 is 0 Å². The summed E-state index contributed by atoms with van der Waals surface area (Å²) in [7, 11) is -2.92. The molecule has 2 N–H and O–H groups in total. The number of nitro groups is 1. The Morgan fingerprint density at radius 2 is 0.765 bits per heavy atom. The molecule has 0 bridgehead atoms. The Morgan fingerprint density at radius 1 is 0.529 bits per heavy atom. The Kier molecular flexibility index (Phi) is 10.7. The van der Waals surface area contributed by atoms with Gasteiger partial charge >= 0.3 is 52.9 Å². The first-order valence-corrected chi connectivity index (χ1v) is 24.8. The number of nitrogens with two attached hydrogens (primary N) is 1. The van der Waals surface area contributed by atoms with Crippen molar-refractivity contribution in [2.75, 3.05) is 5.73 Å². The van der Waals surface area contributed by atoms with E-state index in [1.165, 1.54) is 92.1 Å². The number of benzene rings is 8. The average molecular weight is 743 g/mol. The summed E-state index contributed by atoms with van der Waals surface area (Å²) in [4.78, 5) is 108. The van der Waals surface area contributed by atoms with Crippen LogP contribution in [0.2, 0.25) is 0 Å². The maximum atomic E-state index is 12.3. The number of nitro benzene ring substituents is 1. The van der Waals surface area contributed by atoms with E-state index in [2.05, 4.69) is 0 Å². The predicted molar refractivity (Wildman–Crippen MR) is 193 cm³/mol. The zero-order chi connectivity index (χ0) is 37.6. The van der Waals surface area contributed by atoms with Crippen molar-refractivity contribution in [2.45, 2.75) is 0 Å². The number of rotatable bonds is 1. The van der Waals surface area contributed by atoms with E-state index in [0.29, 0.717) is 11.1 Å². The van der Waals surface area contributed by atoms with Gasteiger partial charge in [0.05, 0.1) is 4.92 Å². The van der Waals surface area contributed by atoms with Crippen molar-refractivity contribution in [1.29, 1.82) is 0 Å². The third-order valence-electron chi connectivity index (χ3n) is 7.96. The average Bonchev–Trinajstić information content (AvgIpc) is 3.13. The van der Waals surface area contributed by atoms with E-state index in [0.717, 1.165) is 12.1 Å². The van der Waals surface area contributed by atoms with Crippen molar-refractivity contribution in [3.8, 4) is 22.3 Å². The first-order chi connectivity index (χ1) is 24.2. The van der Waals surface area contributed by atoms with Crippen molar-refractivity contribution >= 4 is 118 Å². The van der Waals surface area contributed by atoms with Gasteiger partial charge in [-0.3, -0.25) is 48.5 Å². The summed E-state index contributed by atoms with van der Waals surface area (Å²) < 4.78 is 27.0. The fraction of sp³-hybridized carbons (Fsp3) is 0. The standard InChI is InChI=1S/C16H5NO6.C16H7NO4.2Na.O3S2/c18-13-7-2-1-3-8-11(7)12-9(15(13)20)4-6(17(22)23)5-10(12)16(21)14(8)19;17-6-4-9-12-10(5-6)16(21)14(19)8-3-1-2-7(11(8)12)13(18)15(9)20;;;1-4-5(2)3/h1-5H;1-5H,17H2;;;. The third-order valence-corrected chi connectivity index (χ3v) is 8.41. The first kappa shape index (κ1) is 37.5. The van der Waals surface area contributed by atoms with Crippen LogP contribution in [0.5, 0.6) is 0 Å². The van der Waals surface area contributed by atoms with Crippen LogP contribution in [-0.4, -0.2) is 61.2 Å². The topological polar surface area (TPSA) is 257 Å². The van der Waals surface area contributed by atoms with E-state index in [1.807, 2.05) is 0 Å². The van der Waals surface area contributed by atoms with Crippen LogP contribution in [0.4, 0.5) is 11.4 Å². The van der Waals surface area contributed by atoms with Gasteiger partial charge < -0.3 is 5.73 Å². The van der Waals surface area contributed by atoms with Crippen LogP contribution in [-0.2, 0) is 19.5 Å². The number of nitrogens with zero attached hydrogens (tertiary/aromatic N) is 1. The van der Waals surface area contributed by atoms with Crippen molar-refractivity contribution in [2.24, 2.45) is 0 Å². The molecule has 4 aromatic carbocycles. The summed E-state index contributed by atoms with van der Waals surface area (Å²) in [6.45, 7) is 0. The van der Waals surface area contributed by atoms with Gasteiger partial charge in [-0.1, -0.05) is 36.4 Å². The molecule has 4 aromatic rings. The monoisotopic (exact) mass is 742 g/mol. The second kappa shape index (κ2) is 14.5. The van der Waals surface area contributed by atoms with Crippen LogP contribution in [0.25, 0.3) is 65.3 Å². The Balaban J connectivity index is 0.000000168. The van der Waals surface area contributed by atoms with Crippen molar-refractivity contribution in [3.05, 3.63) is 153 Å². The van der Waals surface area contributed by atoms with E-state index in [4.69, 9.17) is 18.4 Å². The van der Waals surface area contributed by atoms with Crippen molar-refractivity contribution < 1.29 is 17.6 Å². The van der Waals surface area contributed by atoms with E-state index in [9.17, 15) is 48.5 Å². The van der Waals surface area contributed by atoms with Gasteiger partial charge in [0.2, 0.25) is 53.7 Å². The molecule has 19 heteroatoms. The molecule has 0 saturated heterocycles. The molecule has 0 atom stereocenters. The zero-order valence-corrected chi connectivity index (χ0v) is 31.6. The van der Waals surface area contributed by atoms with E-state index < -0.39 is 73.5 Å². The minimum atomic E-state index is -2.46. The van der Waals surface area contributed by atoms with Crippen LogP contribution in [0.3, 0.4) is 0 Å². The first-order valence-electron chi connectivity index (χ1n) is 14.5. The molecule has 15 nitrogen and oxygen atoms in total. The fourth-order valence-corrected chi connectivity index (χ4v) is 6.03. The van der Waals surface area contributed by atoms with Crippen molar-refractivity contribution in [3.63, 3.8) is 0 Å². The number of non-ortho nitro benzene ring substituents is 1. The molecule has 0 spiro atoms. The molecule has 0 aromatic heterocycles. The van der Waals surface area contributed by atoms with Crippen LogP contribution >= 0.6 is 0 Å². The molecule has 8 rings (SSSR count). The fourth-order valence-electron chi connectivity index (χ4n) is 6.03. The summed E-state index contributed by atoms with van der Waals surface area (Å²) in [6.07, 6.45) is 0. The van der Waals surface area contributed by atoms with Gasteiger partial charge in [0.15, 0.2) is 0 Å². The van der Waals surface area contributed by atoms with Gasteiger partial charge in [-0.15, -0.1) is 0 Å². The van der Waals surface area contributed by atoms with Crippen LogP contribution < -0.4 is 49.2 Å².